The fraction of sp³-hybridized carbons (Fsp3) is 0.778. The summed E-state index contributed by atoms with van der Waals surface area (Å²) in [5, 5.41) is 12.5. The van der Waals surface area contributed by atoms with Crippen LogP contribution < -0.4 is 5.43 Å². The van der Waals surface area contributed by atoms with Gasteiger partial charge >= 0.3 is 5.97 Å². The highest BCUT2D eigenvalue weighted by Gasteiger charge is 2.40. The Morgan fingerprint density at radius 1 is 1.71 bits per heavy atom. The molecule has 2 N–H and O–H groups in total. The van der Waals surface area contributed by atoms with Crippen LogP contribution >= 0.6 is 0 Å². The van der Waals surface area contributed by atoms with Crippen LogP contribution in [0.2, 0.25) is 0 Å². The Bertz CT molecular complexity index is 265. The number of carbonyl (C=O) groups is 1. The number of carboxylic acids is 1. The maximum atomic E-state index is 10.2. The number of carboxylic acid groups (broad SMARTS) is 1. The molecule has 2 fully saturated rings. The quantitative estimate of drug-likeness (QED) is 0.636. The van der Waals surface area contributed by atoms with Crippen molar-refractivity contribution in [3.05, 3.63) is 0 Å². The van der Waals surface area contributed by atoms with Gasteiger partial charge in [-0.25, -0.2) is 0 Å². The zero-order chi connectivity index (χ0) is 9.97. The van der Waals surface area contributed by atoms with Crippen LogP contribution in [0.3, 0.4) is 0 Å². The largest absolute Gasteiger partial charge is 0.480 e. The summed E-state index contributed by atoms with van der Waals surface area (Å²) in [7, 11) is 0. The zero-order valence-corrected chi connectivity index (χ0v) is 7.90. The molecular weight excluding hydrogens is 184 g/mol. The second kappa shape index (κ2) is 3.96. The minimum absolute atomic E-state index is 0.109. The Morgan fingerprint density at radius 3 is 3.29 bits per heavy atom. The normalized spacial score (nSPS) is 33.3. The van der Waals surface area contributed by atoms with Crippen molar-refractivity contribution >= 4 is 11.7 Å². The molecule has 1 saturated carbocycles. The first-order valence-corrected chi connectivity index (χ1v) is 4.90. The standard InChI is InChI=1S/C9H14N2O3/c12-9(13)5-10-11-7-4-8-6(7)2-1-3-14-8/h6,8,10H,1-5H2,(H,12,13)/b11-7-. The highest BCUT2D eigenvalue weighted by atomic mass is 16.5. The van der Waals surface area contributed by atoms with Gasteiger partial charge in [0.1, 0.15) is 6.54 Å². The van der Waals surface area contributed by atoms with Crippen LogP contribution in [0.1, 0.15) is 19.3 Å². The van der Waals surface area contributed by atoms with Gasteiger partial charge in [-0.2, -0.15) is 5.10 Å². The van der Waals surface area contributed by atoms with Gasteiger partial charge in [-0.05, 0) is 12.8 Å². The van der Waals surface area contributed by atoms with Gasteiger partial charge < -0.3 is 9.84 Å². The van der Waals surface area contributed by atoms with E-state index in [1.165, 1.54) is 0 Å². The Labute approximate surface area is 82.1 Å². The Balaban J connectivity index is 1.79. The van der Waals surface area contributed by atoms with E-state index in [1.54, 1.807) is 0 Å². The molecule has 2 unspecified atom stereocenters. The third-order valence-electron chi connectivity index (χ3n) is 2.73. The molecule has 2 aliphatic rings. The van der Waals surface area contributed by atoms with E-state index in [0.29, 0.717) is 12.0 Å². The fourth-order valence-corrected chi connectivity index (χ4v) is 1.96. The molecule has 0 aromatic rings. The number of aliphatic carboxylic acids is 1. The van der Waals surface area contributed by atoms with E-state index in [9.17, 15) is 4.79 Å². The third kappa shape index (κ3) is 1.87. The Kier molecular flexibility index (Phi) is 2.67. The zero-order valence-electron chi connectivity index (χ0n) is 7.90. The predicted molar refractivity (Wildman–Crippen MR) is 50.2 cm³/mol. The van der Waals surface area contributed by atoms with Crippen molar-refractivity contribution in [1.29, 1.82) is 0 Å². The molecule has 1 saturated heterocycles. The lowest BCUT2D eigenvalue weighted by Gasteiger charge is -2.41. The highest BCUT2D eigenvalue weighted by Crippen LogP contribution is 2.34. The number of hydrazone groups is 1. The maximum Gasteiger partial charge on any atom is 0.324 e. The number of rotatable bonds is 3. The summed E-state index contributed by atoms with van der Waals surface area (Å²) < 4.78 is 5.51. The highest BCUT2D eigenvalue weighted by molar-refractivity contribution is 5.93. The summed E-state index contributed by atoms with van der Waals surface area (Å²) in [5.41, 5.74) is 3.62. The van der Waals surface area contributed by atoms with Gasteiger partial charge in [0.2, 0.25) is 0 Å². The first-order valence-electron chi connectivity index (χ1n) is 4.90. The average Bonchev–Trinajstić information content (AvgIpc) is 2.12. The number of hydrogen-bond acceptors (Lipinski definition) is 4. The number of ether oxygens (including phenoxy) is 1. The second-order valence-electron chi connectivity index (χ2n) is 3.69. The molecule has 78 valence electrons. The molecule has 14 heavy (non-hydrogen) atoms. The van der Waals surface area contributed by atoms with E-state index >= 15 is 0 Å². The molecule has 0 amide bonds. The summed E-state index contributed by atoms with van der Waals surface area (Å²) in [4.78, 5) is 10.2. The summed E-state index contributed by atoms with van der Waals surface area (Å²) in [6, 6.07) is 0. The predicted octanol–water partition coefficient (Wildman–Crippen LogP) is 0.216. The monoisotopic (exact) mass is 198 g/mol. The smallest absolute Gasteiger partial charge is 0.324 e. The van der Waals surface area contributed by atoms with Crippen LogP contribution in [0.25, 0.3) is 0 Å². The van der Waals surface area contributed by atoms with E-state index in [1.807, 2.05) is 0 Å². The van der Waals surface area contributed by atoms with Gasteiger partial charge in [-0.3, -0.25) is 10.2 Å². The molecular formula is C9H14N2O3. The molecule has 1 aliphatic heterocycles. The maximum absolute atomic E-state index is 10.2. The fourth-order valence-electron chi connectivity index (χ4n) is 1.96. The van der Waals surface area contributed by atoms with Crippen molar-refractivity contribution in [2.24, 2.45) is 11.0 Å². The van der Waals surface area contributed by atoms with Crippen molar-refractivity contribution in [3.63, 3.8) is 0 Å². The van der Waals surface area contributed by atoms with Crippen molar-refractivity contribution in [1.82, 2.24) is 5.43 Å². The molecule has 2 atom stereocenters. The number of fused-ring (bicyclic) bond motifs is 1. The van der Waals surface area contributed by atoms with E-state index in [-0.39, 0.29) is 6.54 Å². The number of hydrogen-bond donors (Lipinski definition) is 2. The summed E-state index contributed by atoms with van der Waals surface area (Å²) in [5.74, 6) is -0.449. The van der Waals surface area contributed by atoms with Crippen LogP contribution in [0.5, 0.6) is 0 Å². The van der Waals surface area contributed by atoms with Gasteiger partial charge in [-0.1, -0.05) is 0 Å². The van der Waals surface area contributed by atoms with Crippen LogP contribution in [0.15, 0.2) is 5.10 Å². The van der Waals surface area contributed by atoms with Crippen molar-refractivity contribution in [3.8, 4) is 0 Å². The van der Waals surface area contributed by atoms with E-state index in [2.05, 4.69) is 10.5 Å². The second-order valence-corrected chi connectivity index (χ2v) is 3.69. The number of nitrogens with zero attached hydrogens (tertiary/aromatic N) is 1. The van der Waals surface area contributed by atoms with Crippen LogP contribution in [-0.2, 0) is 9.53 Å². The van der Waals surface area contributed by atoms with Crippen LogP contribution in [0.4, 0.5) is 0 Å². The molecule has 5 heteroatoms. The van der Waals surface area contributed by atoms with Crippen molar-refractivity contribution < 1.29 is 14.6 Å². The molecule has 1 aliphatic carbocycles. The van der Waals surface area contributed by atoms with Gasteiger partial charge in [0, 0.05) is 24.7 Å². The van der Waals surface area contributed by atoms with Crippen LogP contribution in [-0.4, -0.2) is 36.0 Å². The molecule has 0 radical (unpaired) electrons. The van der Waals surface area contributed by atoms with E-state index in [4.69, 9.17) is 9.84 Å². The minimum Gasteiger partial charge on any atom is -0.480 e. The molecule has 2 rings (SSSR count). The Morgan fingerprint density at radius 2 is 2.57 bits per heavy atom. The molecule has 5 nitrogen and oxygen atoms in total. The topological polar surface area (TPSA) is 70.9 Å². The van der Waals surface area contributed by atoms with Gasteiger partial charge in [0.25, 0.3) is 0 Å². The first kappa shape index (κ1) is 9.45. The third-order valence-corrected chi connectivity index (χ3v) is 2.73. The van der Waals surface area contributed by atoms with E-state index in [0.717, 1.165) is 31.6 Å². The lowest BCUT2D eigenvalue weighted by atomic mass is 9.75. The minimum atomic E-state index is -0.884. The molecule has 0 aromatic carbocycles. The van der Waals surface area contributed by atoms with Crippen molar-refractivity contribution in [2.45, 2.75) is 25.4 Å². The first-order chi connectivity index (χ1) is 6.77. The molecule has 1 heterocycles. The van der Waals surface area contributed by atoms with E-state index < -0.39 is 5.97 Å². The van der Waals surface area contributed by atoms with Gasteiger partial charge in [0.15, 0.2) is 0 Å². The van der Waals surface area contributed by atoms with Crippen LogP contribution in [0, 0.1) is 5.92 Å². The lowest BCUT2D eigenvalue weighted by Crippen LogP contribution is -2.47. The molecule has 0 bridgehead atoms. The van der Waals surface area contributed by atoms with Crippen molar-refractivity contribution in [2.75, 3.05) is 13.2 Å². The summed E-state index contributed by atoms with van der Waals surface area (Å²) in [6.07, 6.45) is 3.41. The Hall–Kier alpha value is -1.10. The van der Waals surface area contributed by atoms with Gasteiger partial charge in [0.05, 0.1) is 6.10 Å². The van der Waals surface area contributed by atoms with Gasteiger partial charge in [-0.15, -0.1) is 0 Å². The summed E-state index contributed by atoms with van der Waals surface area (Å²) >= 11 is 0. The molecule has 0 aromatic heterocycles. The average molecular weight is 198 g/mol. The summed E-state index contributed by atoms with van der Waals surface area (Å²) in [6.45, 7) is 0.749. The SMILES string of the molecule is O=C(O)CN/N=C1/CC2OCCCC12. The lowest BCUT2D eigenvalue weighted by molar-refractivity contribution is -0.135. The number of nitrogens with one attached hydrogen (secondary N) is 1. The molecule has 0 spiro atoms.